The van der Waals surface area contributed by atoms with Crippen molar-refractivity contribution in [3.8, 4) is 6.01 Å². The molecule has 14 heteroatoms. The number of ether oxygens (including phenoxy) is 2. The van der Waals surface area contributed by atoms with Gasteiger partial charge in [-0.3, -0.25) is 23.7 Å². The average molecular weight is 768 g/mol. The van der Waals surface area contributed by atoms with E-state index in [1.807, 2.05) is 62.6 Å². The van der Waals surface area contributed by atoms with Gasteiger partial charge in [0.15, 0.2) is 5.78 Å². The molecule has 1 aromatic heterocycles. The summed E-state index contributed by atoms with van der Waals surface area (Å²) in [7, 11) is -3.99. The molecule has 3 heterocycles. The number of allylic oxidation sites excluding steroid dienone is 2. The van der Waals surface area contributed by atoms with Gasteiger partial charge in [-0.15, -0.1) is 0 Å². The van der Waals surface area contributed by atoms with Crippen molar-refractivity contribution >= 4 is 44.7 Å². The molecular formula is C40H57N5O8S. The Hall–Kier alpha value is -3.94. The van der Waals surface area contributed by atoms with Crippen molar-refractivity contribution in [2.24, 2.45) is 16.7 Å². The molecule has 2 N–H and O–H groups in total. The Morgan fingerprint density at radius 2 is 1.78 bits per heavy atom. The van der Waals surface area contributed by atoms with Crippen LogP contribution in [0.25, 0.3) is 11.0 Å². The van der Waals surface area contributed by atoms with Crippen LogP contribution in [0.2, 0.25) is 0 Å². The summed E-state index contributed by atoms with van der Waals surface area (Å²) in [6.45, 7) is 13.2. The molecule has 4 aliphatic rings. The molecule has 1 saturated heterocycles. The van der Waals surface area contributed by atoms with Gasteiger partial charge >= 0.3 is 6.09 Å². The van der Waals surface area contributed by atoms with E-state index in [9.17, 15) is 27.6 Å². The maximum atomic E-state index is 14.6. The molecule has 1 aromatic carbocycles. The highest BCUT2D eigenvalue weighted by molar-refractivity contribution is 7.91. The van der Waals surface area contributed by atoms with E-state index in [1.165, 1.54) is 4.90 Å². The minimum absolute atomic E-state index is 0.0388. The molecule has 54 heavy (non-hydrogen) atoms. The largest absolute Gasteiger partial charge is 0.459 e. The number of hydrogen-bond acceptors (Lipinski definition) is 9. The Balaban J connectivity index is 1.36. The number of carbonyl (C=O) groups is 4. The van der Waals surface area contributed by atoms with Gasteiger partial charge in [-0.1, -0.05) is 58.4 Å². The summed E-state index contributed by atoms with van der Waals surface area (Å²) in [5, 5.41) is 2.76. The van der Waals surface area contributed by atoms with Gasteiger partial charge in [-0.05, 0) is 89.2 Å². The Morgan fingerprint density at radius 1 is 1.07 bits per heavy atom. The second-order valence-electron chi connectivity index (χ2n) is 17.8. The summed E-state index contributed by atoms with van der Waals surface area (Å²) in [6, 6.07) is 6.09. The fourth-order valence-corrected chi connectivity index (χ4v) is 9.86. The molecule has 1 unspecified atom stereocenters. The average Bonchev–Trinajstić information content (AvgIpc) is 3.94. The second kappa shape index (κ2) is 14.6. The van der Waals surface area contributed by atoms with Gasteiger partial charge in [0.25, 0.3) is 6.01 Å². The molecule has 2 saturated carbocycles. The first-order chi connectivity index (χ1) is 25.3. The van der Waals surface area contributed by atoms with Gasteiger partial charge in [0, 0.05) is 19.4 Å². The molecule has 3 fully saturated rings. The number of aromatic nitrogens is 2. The lowest BCUT2D eigenvalue weighted by atomic mass is 9.85. The van der Waals surface area contributed by atoms with E-state index in [-0.39, 0.29) is 31.1 Å². The van der Waals surface area contributed by atoms with E-state index >= 15 is 0 Å². The van der Waals surface area contributed by atoms with Crippen molar-refractivity contribution in [3.63, 3.8) is 0 Å². The second-order valence-corrected chi connectivity index (χ2v) is 19.9. The standard InChI is InChI=1S/C40H57N5O8S/c1-8-26-23-40(26)24-31(46)30-22-27(25-45(30)33(47)32(37(2,3)4)42-36(49)53-38(5,6)7)52-35-41-28-16-12-13-17-29(28)44(35)21-15-11-9-10-14-18-39(19-20-39)54(50,51)43-34(40)48/h9-10,12-13,16-17,26-27,30,32H,8,11,14-15,18-25H2,1-7H3,(H,42,49)(H,43,48)/b10-9-/t26-,27-,30+,32?,40-/m1/s1. The predicted molar refractivity (Wildman–Crippen MR) is 204 cm³/mol. The lowest BCUT2D eigenvalue weighted by molar-refractivity contribution is -0.142. The van der Waals surface area contributed by atoms with Crippen molar-refractivity contribution in [1.82, 2.24) is 24.5 Å². The molecule has 296 valence electrons. The van der Waals surface area contributed by atoms with E-state index in [4.69, 9.17) is 14.5 Å². The van der Waals surface area contributed by atoms with Gasteiger partial charge in [0.1, 0.15) is 17.7 Å². The highest BCUT2D eigenvalue weighted by Crippen LogP contribution is 2.58. The predicted octanol–water partition coefficient (Wildman–Crippen LogP) is 5.81. The number of para-hydroxylation sites is 2. The van der Waals surface area contributed by atoms with Crippen LogP contribution in [0.15, 0.2) is 36.4 Å². The number of aryl methyl sites for hydroxylation is 1. The monoisotopic (exact) mass is 767 g/mol. The number of benzene rings is 1. The van der Waals surface area contributed by atoms with Crippen LogP contribution in [0.1, 0.15) is 113 Å². The number of nitrogens with one attached hydrogen (secondary N) is 2. The zero-order chi connectivity index (χ0) is 39.3. The number of imidazole rings is 1. The van der Waals surface area contributed by atoms with E-state index in [1.54, 1.807) is 20.8 Å². The van der Waals surface area contributed by atoms with Gasteiger partial charge in [0.05, 0.1) is 33.8 Å². The number of amides is 3. The van der Waals surface area contributed by atoms with Crippen LogP contribution in [0.5, 0.6) is 6.01 Å². The van der Waals surface area contributed by atoms with Crippen LogP contribution in [-0.4, -0.2) is 81.6 Å². The minimum Gasteiger partial charge on any atom is -0.459 e. The molecule has 2 aliphatic carbocycles. The van der Waals surface area contributed by atoms with E-state index in [0.29, 0.717) is 51.1 Å². The Bertz CT molecular complexity index is 1920. The molecule has 2 bridgehead atoms. The summed E-state index contributed by atoms with van der Waals surface area (Å²) in [5.41, 5.74) is -1.11. The molecule has 6 rings (SSSR count). The third-order valence-electron chi connectivity index (χ3n) is 11.5. The summed E-state index contributed by atoms with van der Waals surface area (Å²) in [5.74, 6) is -1.65. The quantitative estimate of drug-likeness (QED) is 0.367. The van der Waals surface area contributed by atoms with Crippen molar-refractivity contribution in [2.45, 2.75) is 148 Å². The number of likely N-dealkylation sites (tertiary alicyclic amines) is 1. The minimum atomic E-state index is -3.99. The number of carbonyl (C=O) groups excluding carboxylic acids is 4. The highest BCUT2D eigenvalue weighted by Gasteiger charge is 2.63. The smallest absolute Gasteiger partial charge is 0.408 e. The SMILES string of the molecule is CC[C@@H]1C[C@@]12CC(=O)[C@@H]1C[C@H](CN1C(=O)C(NC(=O)OC(C)(C)C)C(C)(C)C)Oc1nc3ccccc3n1CCC/C=C\CCC1(CC1)S(=O)(=O)NC2=O. The molecule has 2 aromatic rings. The van der Waals surface area contributed by atoms with Crippen LogP contribution < -0.4 is 14.8 Å². The third-order valence-corrected chi connectivity index (χ3v) is 13.7. The molecule has 0 radical (unpaired) electrons. The van der Waals surface area contributed by atoms with Crippen molar-refractivity contribution in [2.75, 3.05) is 6.54 Å². The fraction of sp³-hybridized carbons (Fsp3) is 0.675. The summed E-state index contributed by atoms with van der Waals surface area (Å²) < 4.78 is 43.0. The molecule has 13 nitrogen and oxygen atoms in total. The first kappa shape index (κ1) is 39.7. The lowest BCUT2D eigenvalue weighted by Crippen LogP contribution is -2.57. The van der Waals surface area contributed by atoms with E-state index in [0.717, 1.165) is 23.9 Å². The van der Waals surface area contributed by atoms with Gasteiger partial charge in [-0.25, -0.2) is 13.2 Å². The lowest BCUT2D eigenvalue weighted by Gasteiger charge is -2.36. The van der Waals surface area contributed by atoms with Gasteiger partial charge in [0.2, 0.25) is 21.8 Å². The van der Waals surface area contributed by atoms with Gasteiger partial charge in [-0.2, -0.15) is 4.98 Å². The van der Waals surface area contributed by atoms with E-state index in [2.05, 4.69) is 16.1 Å². The number of hydrogen-bond donors (Lipinski definition) is 2. The number of fused-ring (bicyclic) bond motifs is 5. The van der Waals surface area contributed by atoms with Crippen molar-refractivity contribution in [1.29, 1.82) is 0 Å². The number of ketones is 1. The van der Waals surface area contributed by atoms with Crippen LogP contribution in [-0.2, 0) is 35.7 Å². The topological polar surface area (TPSA) is 166 Å². The zero-order valence-corrected chi connectivity index (χ0v) is 33.6. The van der Waals surface area contributed by atoms with Crippen LogP contribution >= 0.6 is 0 Å². The van der Waals surface area contributed by atoms with Crippen molar-refractivity contribution < 1.29 is 37.1 Å². The molecular weight excluding hydrogens is 711 g/mol. The third kappa shape index (κ3) is 8.18. The molecule has 3 amide bonds. The van der Waals surface area contributed by atoms with E-state index < -0.39 is 67.3 Å². The molecule has 2 spiro atoms. The number of sulfonamides is 1. The van der Waals surface area contributed by atoms with Crippen LogP contribution in [0, 0.1) is 16.7 Å². The number of nitrogens with zero attached hydrogens (tertiary/aromatic N) is 3. The highest BCUT2D eigenvalue weighted by atomic mass is 32.2. The summed E-state index contributed by atoms with van der Waals surface area (Å²) >= 11 is 0. The fourth-order valence-electron chi connectivity index (χ4n) is 8.17. The number of rotatable bonds is 3. The van der Waals surface area contributed by atoms with Crippen LogP contribution in [0.4, 0.5) is 4.79 Å². The van der Waals surface area contributed by atoms with Crippen molar-refractivity contribution in [3.05, 3.63) is 36.4 Å². The normalized spacial score (nSPS) is 28.4. The first-order valence-electron chi connectivity index (χ1n) is 19.5. The maximum Gasteiger partial charge on any atom is 0.408 e. The van der Waals surface area contributed by atoms with Gasteiger partial charge < -0.3 is 19.7 Å². The Morgan fingerprint density at radius 3 is 2.43 bits per heavy atom. The summed E-state index contributed by atoms with van der Waals surface area (Å²) in [6.07, 6.45) is 7.05. The summed E-state index contributed by atoms with van der Waals surface area (Å²) in [4.78, 5) is 62.5. The molecule has 2 aliphatic heterocycles. The van der Waals surface area contributed by atoms with Crippen LogP contribution in [0.3, 0.4) is 0 Å². The first-order valence-corrected chi connectivity index (χ1v) is 20.9. The maximum absolute atomic E-state index is 14.6. The number of Topliss-reactive ketones (excluding diaryl/α,β-unsaturated/α-hetero) is 1. The Labute approximate surface area is 319 Å². The zero-order valence-electron chi connectivity index (χ0n) is 32.8. The number of alkyl carbamates (subject to hydrolysis) is 1. The molecule has 5 atom stereocenters. The Kier molecular flexibility index (Phi) is 10.8.